The molecule has 2 amide bonds. The van der Waals surface area contributed by atoms with Gasteiger partial charge in [-0.1, -0.05) is 6.07 Å². The lowest BCUT2D eigenvalue weighted by Gasteiger charge is -2.17. The van der Waals surface area contributed by atoms with Crippen LogP contribution in [0.3, 0.4) is 0 Å². The number of aryl methyl sites for hydroxylation is 1. The topological polar surface area (TPSA) is 108 Å². The number of likely N-dealkylation sites (N-methyl/N-ethyl adjacent to an activating group) is 1. The van der Waals surface area contributed by atoms with E-state index in [0.29, 0.717) is 5.82 Å². The van der Waals surface area contributed by atoms with E-state index in [1.54, 1.807) is 12.3 Å². The first-order valence-corrected chi connectivity index (χ1v) is 10.3. The number of anilines is 1. The van der Waals surface area contributed by atoms with E-state index in [9.17, 15) is 18.0 Å². The van der Waals surface area contributed by atoms with Gasteiger partial charge in [-0.25, -0.2) is 18.1 Å². The molecule has 8 nitrogen and oxygen atoms in total. The van der Waals surface area contributed by atoms with E-state index in [-0.39, 0.29) is 23.0 Å². The second-order valence-corrected chi connectivity index (χ2v) is 8.57. The van der Waals surface area contributed by atoms with Gasteiger partial charge in [0.25, 0.3) is 5.91 Å². The van der Waals surface area contributed by atoms with E-state index < -0.39 is 21.8 Å². The summed E-state index contributed by atoms with van der Waals surface area (Å²) < 4.78 is 27.2. The highest BCUT2D eigenvalue weighted by molar-refractivity contribution is 7.89. The number of hydrogen-bond acceptors (Lipinski definition) is 5. The second-order valence-electron chi connectivity index (χ2n) is 6.85. The maximum Gasteiger partial charge on any atom is 0.254 e. The zero-order valence-electron chi connectivity index (χ0n) is 15.7. The Bertz CT molecular complexity index is 1000. The number of benzene rings is 1. The third-order valence-electron chi connectivity index (χ3n) is 4.20. The van der Waals surface area contributed by atoms with Crippen LogP contribution < -0.4 is 10.0 Å². The van der Waals surface area contributed by atoms with Gasteiger partial charge in [0.15, 0.2) is 0 Å². The predicted molar refractivity (Wildman–Crippen MR) is 104 cm³/mol. The van der Waals surface area contributed by atoms with Crippen molar-refractivity contribution in [3.63, 3.8) is 0 Å². The van der Waals surface area contributed by atoms with Gasteiger partial charge >= 0.3 is 0 Å². The van der Waals surface area contributed by atoms with Crippen molar-refractivity contribution in [1.82, 2.24) is 14.6 Å². The molecule has 1 aliphatic carbocycles. The van der Waals surface area contributed by atoms with Gasteiger partial charge in [0, 0.05) is 24.8 Å². The van der Waals surface area contributed by atoms with E-state index >= 15 is 0 Å². The summed E-state index contributed by atoms with van der Waals surface area (Å²) in [6.45, 7) is 1.69. The van der Waals surface area contributed by atoms with Crippen molar-refractivity contribution in [2.24, 2.45) is 0 Å². The summed E-state index contributed by atoms with van der Waals surface area (Å²) >= 11 is 0. The molecule has 28 heavy (non-hydrogen) atoms. The van der Waals surface area contributed by atoms with Crippen molar-refractivity contribution >= 4 is 27.7 Å². The lowest BCUT2D eigenvalue weighted by atomic mass is 10.2. The van der Waals surface area contributed by atoms with Crippen LogP contribution in [0.25, 0.3) is 0 Å². The van der Waals surface area contributed by atoms with Crippen LogP contribution in [0.15, 0.2) is 47.5 Å². The predicted octanol–water partition coefficient (Wildman–Crippen LogP) is 1.54. The second kappa shape index (κ2) is 8.07. The molecule has 1 fully saturated rings. The lowest BCUT2D eigenvalue weighted by molar-refractivity contribution is -0.116. The first kappa shape index (κ1) is 20.0. The Morgan fingerprint density at radius 1 is 1.21 bits per heavy atom. The summed E-state index contributed by atoms with van der Waals surface area (Å²) in [6, 6.07) is 9.31. The third kappa shape index (κ3) is 5.14. The summed E-state index contributed by atoms with van der Waals surface area (Å²) in [6.07, 6.45) is 3.23. The number of hydrogen-bond donors (Lipinski definition) is 2. The van der Waals surface area contributed by atoms with Gasteiger partial charge in [0.1, 0.15) is 5.82 Å². The van der Waals surface area contributed by atoms with Gasteiger partial charge in [-0.15, -0.1) is 0 Å². The van der Waals surface area contributed by atoms with Crippen LogP contribution in [0.2, 0.25) is 0 Å². The maximum absolute atomic E-state index is 12.6. The SMILES string of the molecule is Cc1ccnc(NC(=O)CN(C)C(=O)c2cccc(S(=O)(=O)NC3CC3)c2)c1. The molecule has 0 aliphatic heterocycles. The van der Waals surface area contributed by atoms with Crippen LogP contribution in [0.4, 0.5) is 5.82 Å². The minimum Gasteiger partial charge on any atom is -0.332 e. The fraction of sp³-hybridized carbons (Fsp3) is 0.316. The molecule has 1 heterocycles. The third-order valence-corrected chi connectivity index (χ3v) is 5.72. The average Bonchev–Trinajstić information content (AvgIpc) is 3.44. The Labute approximate surface area is 164 Å². The number of nitrogens with one attached hydrogen (secondary N) is 2. The molecule has 2 aromatic rings. The Kier molecular flexibility index (Phi) is 5.76. The highest BCUT2D eigenvalue weighted by Gasteiger charge is 2.28. The quantitative estimate of drug-likeness (QED) is 0.730. The average molecular weight is 402 g/mol. The minimum atomic E-state index is -3.65. The van der Waals surface area contributed by atoms with Gasteiger partial charge in [0.05, 0.1) is 11.4 Å². The van der Waals surface area contributed by atoms with Crippen LogP contribution in [0.5, 0.6) is 0 Å². The first-order valence-electron chi connectivity index (χ1n) is 8.85. The normalized spacial score (nSPS) is 13.8. The standard InChI is InChI=1S/C19H22N4O4S/c1-13-8-9-20-17(10-13)21-18(24)12-23(2)19(25)14-4-3-5-16(11-14)28(26,27)22-15-6-7-15/h3-5,8-11,15,22H,6-7,12H2,1-2H3,(H,20,21,24). The summed E-state index contributed by atoms with van der Waals surface area (Å²) in [5.74, 6) is -0.436. The fourth-order valence-corrected chi connectivity index (χ4v) is 3.93. The zero-order valence-corrected chi connectivity index (χ0v) is 16.5. The fourth-order valence-electron chi connectivity index (χ4n) is 2.58. The maximum atomic E-state index is 12.6. The lowest BCUT2D eigenvalue weighted by Crippen LogP contribution is -2.35. The molecule has 0 radical (unpaired) electrons. The Hall–Kier alpha value is -2.78. The molecule has 1 aromatic carbocycles. The number of amides is 2. The number of aromatic nitrogens is 1. The van der Waals surface area contributed by atoms with Gasteiger partial charge in [-0.05, 0) is 55.7 Å². The number of sulfonamides is 1. The number of rotatable bonds is 7. The van der Waals surface area contributed by atoms with Crippen LogP contribution in [-0.2, 0) is 14.8 Å². The van der Waals surface area contributed by atoms with Crippen molar-refractivity contribution in [1.29, 1.82) is 0 Å². The summed E-state index contributed by atoms with van der Waals surface area (Å²) in [4.78, 5) is 30.1. The molecule has 3 rings (SSSR count). The molecule has 2 N–H and O–H groups in total. The van der Waals surface area contributed by atoms with E-state index in [2.05, 4.69) is 15.0 Å². The zero-order chi connectivity index (χ0) is 20.3. The van der Waals surface area contributed by atoms with Gasteiger partial charge in [0.2, 0.25) is 15.9 Å². The van der Waals surface area contributed by atoms with Crippen LogP contribution in [0, 0.1) is 6.92 Å². The Balaban J connectivity index is 1.65. The molecule has 148 valence electrons. The summed E-state index contributed by atoms with van der Waals surface area (Å²) in [7, 11) is -2.17. The van der Waals surface area contributed by atoms with Crippen molar-refractivity contribution in [2.45, 2.75) is 30.7 Å². The van der Waals surface area contributed by atoms with Crippen LogP contribution in [-0.4, -0.2) is 49.8 Å². The largest absolute Gasteiger partial charge is 0.332 e. The monoisotopic (exact) mass is 402 g/mol. The molecular weight excluding hydrogens is 380 g/mol. The number of carbonyl (C=O) groups is 2. The summed E-state index contributed by atoms with van der Waals surface area (Å²) in [5, 5.41) is 2.63. The smallest absolute Gasteiger partial charge is 0.254 e. The molecule has 0 unspecified atom stereocenters. The van der Waals surface area contributed by atoms with Gasteiger partial charge < -0.3 is 10.2 Å². The van der Waals surface area contributed by atoms with E-state index in [4.69, 9.17) is 0 Å². The molecule has 1 aliphatic rings. The number of pyridine rings is 1. The molecule has 9 heteroatoms. The summed E-state index contributed by atoms with van der Waals surface area (Å²) in [5.41, 5.74) is 1.15. The van der Waals surface area contributed by atoms with Gasteiger partial charge in [-0.2, -0.15) is 0 Å². The van der Waals surface area contributed by atoms with Crippen molar-refractivity contribution in [2.75, 3.05) is 18.9 Å². The molecule has 0 bridgehead atoms. The van der Waals surface area contributed by atoms with Crippen LogP contribution >= 0.6 is 0 Å². The van der Waals surface area contributed by atoms with E-state index in [1.165, 1.54) is 36.2 Å². The highest BCUT2D eigenvalue weighted by atomic mass is 32.2. The van der Waals surface area contributed by atoms with Crippen LogP contribution in [0.1, 0.15) is 28.8 Å². The van der Waals surface area contributed by atoms with Crippen molar-refractivity contribution in [3.05, 3.63) is 53.7 Å². The molecule has 0 atom stereocenters. The number of nitrogens with zero attached hydrogens (tertiary/aromatic N) is 2. The van der Waals surface area contributed by atoms with E-state index in [1.807, 2.05) is 13.0 Å². The van der Waals surface area contributed by atoms with Gasteiger partial charge in [-0.3, -0.25) is 9.59 Å². The van der Waals surface area contributed by atoms with E-state index in [0.717, 1.165) is 18.4 Å². The van der Waals surface area contributed by atoms with Crippen molar-refractivity contribution in [3.8, 4) is 0 Å². The minimum absolute atomic E-state index is 0.0223. The molecular formula is C19H22N4O4S. The Morgan fingerprint density at radius 2 is 1.96 bits per heavy atom. The molecule has 1 aromatic heterocycles. The Morgan fingerprint density at radius 3 is 2.64 bits per heavy atom. The number of carbonyl (C=O) groups excluding carboxylic acids is 2. The first-order chi connectivity index (χ1) is 13.2. The molecule has 0 saturated heterocycles. The van der Waals surface area contributed by atoms with Crippen molar-refractivity contribution < 1.29 is 18.0 Å². The molecule has 1 saturated carbocycles. The highest BCUT2D eigenvalue weighted by Crippen LogP contribution is 2.22. The molecule has 0 spiro atoms.